The summed E-state index contributed by atoms with van der Waals surface area (Å²) in [6.07, 6.45) is 3.44. The van der Waals surface area contributed by atoms with E-state index in [1.165, 1.54) is 0 Å². The summed E-state index contributed by atoms with van der Waals surface area (Å²) in [6, 6.07) is 27.0. The van der Waals surface area contributed by atoms with Gasteiger partial charge in [-0.15, -0.1) is 0 Å². The molecule has 0 aliphatic heterocycles. The highest BCUT2D eigenvalue weighted by Crippen LogP contribution is 2.30. The number of rotatable bonds is 5. The zero-order valence-corrected chi connectivity index (χ0v) is 16.1. The first-order valence-corrected chi connectivity index (χ1v) is 9.42. The highest BCUT2D eigenvalue weighted by molar-refractivity contribution is 6.07. The number of ketones is 1. The molecule has 142 valence electrons. The topological polar surface area (TPSA) is 60.9 Å². The molecule has 1 aromatic heterocycles. The van der Waals surface area contributed by atoms with Crippen molar-refractivity contribution in [3.63, 3.8) is 0 Å². The van der Waals surface area contributed by atoms with Crippen molar-refractivity contribution in [1.29, 1.82) is 0 Å². The second-order valence-electron chi connectivity index (χ2n) is 6.78. The predicted molar refractivity (Wildman–Crippen MR) is 118 cm³/mol. The lowest BCUT2D eigenvalue weighted by Crippen LogP contribution is -1.99. The quantitative estimate of drug-likeness (QED) is 0.290. The van der Waals surface area contributed by atoms with Gasteiger partial charge in [-0.25, -0.2) is 4.68 Å². The minimum atomic E-state index is -0.0733. The Hall–Kier alpha value is -3.92. The molecule has 4 rings (SSSR count). The summed E-state index contributed by atoms with van der Waals surface area (Å²) in [7, 11) is 0. The van der Waals surface area contributed by atoms with Crippen LogP contribution in [0.3, 0.4) is 0 Å². The smallest absolute Gasteiger partial charge is 0.185 e. The number of para-hydroxylation sites is 1. The average molecular weight is 379 g/mol. The number of allylic oxidation sites excluding steroid dienone is 1. The van der Waals surface area contributed by atoms with Gasteiger partial charge in [-0.3, -0.25) is 4.79 Å². The SMILES string of the molecule is Cc1nn(-c2ccccc2)c(-c2ccccc2)c1/C=C/C(=O)c1ccc(N)cc1. The number of hydrogen-bond acceptors (Lipinski definition) is 3. The largest absolute Gasteiger partial charge is 0.399 e. The number of anilines is 1. The van der Waals surface area contributed by atoms with Gasteiger partial charge in [0.25, 0.3) is 0 Å². The van der Waals surface area contributed by atoms with Gasteiger partial charge in [-0.2, -0.15) is 5.10 Å². The van der Waals surface area contributed by atoms with Gasteiger partial charge in [0.2, 0.25) is 0 Å². The van der Waals surface area contributed by atoms with Crippen molar-refractivity contribution in [2.24, 2.45) is 0 Å². The van der Waals surface area contributed by atoms with Crippen molar-refractivity contribution in [3.8, 4) is 16.9 Å². The van der Waals surface area contributed by atoms with E-state index >= 15 is 0 Å². The average Bonchev–Trinajstić information content (AvgIpc) is 3.10. The normalized spacial score (nSPS) is 11.1. The van der Waals surface area contributed by atoms with E-state index < -0.39 is 0 Å². The lowest BCUT2D eigenvalue weighted by molar-refractivity contribution is 0.104. The molecular formula is C25H21N3O. The van der Waals surface area contributed by atoms with E-state index in [1.54, 1.807) is 30.3 Å². The third-order valence-electron chi connectivity index (χ3n) is 4.75. The van der Waals surface area contributed by atoms with Crippen LogP contribution in [0.4, 0.5) is 5.69 Å². The van der Waals surface area contributed by atoms with Crippen LogP contribution in [0.25, 0.3) is 23.0 Å². The van der Waals surface area contributed by atoms with Crippen molar-refractivity contribution >= 4 is 17.5 Å². The van der Waals surface area contributed by atoms with Gasteiger partial charge >= 0.3 is 0 Å². The molecular weight excluding hydrogens is 358 g/mol. The van der Waals surface area contributed by atoms with Crippen LogP contribution in [0.2, 0.25) is 0 Å². The summed E-state index contributed by atoms with van der Waals surface area (Å²) in [5.74, 6) is -0.0733. The fraction of sp³-hybridized carbons (Fsp3) is 0.0400. The van der Waals surface area contributed by atoms with E-state index in [0.717, 1.165) is 28.2 Å². The Morgan fingerprint density at radius 1 is 0.897 bits per heavy atom. The number of nitrogen functional groups attached to an aromatic ring is 1. The molecule has 0 spiro atoms. The zero-order chi connectivity index (χ0) is 20.2. The number of nitrogens with two attached hydrogens (primary N) is 1. The van der Waals surface area contributed by atoms with Gasteiger partial charge in [0.1, 0.15) is 0 Å². The van der Waals surface area contributed by atoms with Gasteiger partial charge in [0.05, 0.1) is 17.1 Å². The molecule has 0 fully saturated rings. The summed E-state index contributed by atoms with van der Waals surface area (Å²) < 4.78 is 1.93. The molecule has 4 nitrogen and oxygen atoms in total. The van der Waals surface area contributed by atoms with Gasteiger partial charge < -0.3 is 5.73 Å². The first-order valence-electron chi connectivity index (χ1n) is 9.42. The number of aryl methyl sites for hydroxylation is 1. The Kier molecular flexibility index (Phi) is 5.08. The Morgan fingerprint density at radius 2 is 1.52 bits per heavy atom. The maximum Gasteiger partial charge on any atom is 0.185 e. The zero-order valence-electron chi connectivity index (χ0n) is 16.1. The van der Waals surface area contributed by atoms with E-state index in [1.807, 2.05) is 66.2 Å². The second-order valence-corrected chi connectivity index (χ2v) is 6.78. The number of carbonyl (C=O) groups is 1. The molecule has 4 aromatic rings. The number of nitrogens with zero attached hydrogens (tertiary/aromatic N) is 2. The summed E-state index contributed by atoms with van der Waals surface area (Å²) in [5.41, 5.74) is 11.7. The molecule has 4 heteroatoms. The van der Waals surface area contributed by atoms with Gasteiger partial charge in [0.15, 0.2) is 5.78 Å². The summed E-state index contributed by atoms with van der Waals surface area (Å²) in [6.45, 7) is 1.96. The Labute approximate surface area is 169 Å². The van der Waals surface area contributed by atoms with Crippen LogP contribution in [0.5, 0.6) is 0 Å². The molecule has 29 heavy (non-hydrogen) atoms. The van der Waals surface area contributed by atoms with Crippen molar-refractivity contribution in [1.82, 2.24) is 9.78 Å². The highest BCUT2D eigenvalue weighted by Gasteiger charge is 2.16. The molecule has 0 aliphatic rings. The number of carbonyl (C=O) groups excluding carboxylic acids is 1. The summed E-state index contributed by atoms with van der Waals surface area (Å²) >= 11 is 0. The number of hydrogen-bond donors (Lipinski definition) is 1. The highest BCUT2D eigenvalue weighted by atomic mass is 16.1. The molecule has 0 radical (unpaired) electrons. The number of benzene rings is 3. The second kappa shape index (κ2) is 7.98. The minimum Gasteiger partial charge on any atom is -0.399 e. The van der Waals surface area contributed by atoms with Crippen LogP contribution in [0.1, 0.15) is 21.6 Å². The number of aromatic nitrogens is 2. The standard InChI is InChI=1S/C25H21N3O/c1-18-23(16-17-24(29)19-12-14-21(26)15-13-19)25(20-8-4-2-5-9-20)28(27-18)22-10-6-3-7-11-22/h2-17H,26H2,1H3/b17-16+. The Morgan fingerprint density at radius 3 is 2.17 bits per heavy atom. The van der Waals surface area contributed by atoms with Crippen molar-refractivity contribution < 1.29 is 4.79 Å². The molecule has 0 bridgehead atoms. The molecule has 1 heterocycles. The molecule has 0 unspecified atom stereocenters. The summed E-state index contributed by atoms with van der Waals surface area (Å²) in [4.78, 5) is 12.6. The molecule has 0 aliphatic carbocycles. The van der Waals surface area contributed by atoms with E-state index in [9.17, 15) is 4.79 Å². The van der Waals surface area contributed by atoms with Crippen LogP contribution in [-0.4, -0.2) is 15.6 Å². The summed E-state index contributed by atoms with van der Waals surface area (Å²) in [5, 5.41) is 4.76. The molecule has 0 saturated heterocycles. The van der Waals surface area contributed by atoms with Crippen molar-refractivity contribution in [2.75, 3.05) is 5.73 Å². The maximum absolute atomic E-state index is 12.6. The maximum atomic E-state index is 12.6. The Balaban J connectivity index is 1.80. The minimum absolute atomic E-state index is 0.0733. The molecule has 3 aromatic carbocycles. The molecule has 0 saturated carbocycles. The van der Waals surface area contributed by atoms with Crippen molar-refractivity contribution in [3.05, 3.63) is 108 Å². The van der Waals surface area contributed by atoms with Crippen LogP contribution < -0.4 is 5.73 Å². The lowest BCUT2D eigenvalue weighted by atomic mass is 10.0. The van der Waals surface area contributed by atoms with Gasteiger partial charge in [-0.1, -0.05) is 48.5 Å². The van der Waals surface area contributed by atoms with Gasteiger partial charge in [0, 0.05) is 22.4 Å². The first kappa shape index (κ1) is 18.4. The third kappa shape index (κ3) is 3.87. The third-order valence-corrected chi connectivity index (χ3v) is 4.75. The van der Waals surface area contributed by atoms with E-state index in [4.69, 9.17) is 10.8 Å². The van der Waals surface area contributed by atoms with Crippen LogP contribution in [0.15, 0.2) is 91.0 Å². The van der Waals surface area contributed by atoms with Gasteiger partial charge in [-0.05, 0) is 55.5 Å². The van der Waals surface area contributed by atoms with Crippen LogP contribution in [0, 0.1) is 6.92 Å². The lowest BCUT2D eigenvalue weighted by Gasteiger charge is -2.09. The van der Waals surface area contributed by atoms with E-state index in [-0.39, 0.29) is 5.78 Å². The fourth-order valence-electron chi connectivity index (χ4n) is 3.27. The Bertz CT molecular complexity index is 1160. The van der Waals surface area contributed by atoms with Crippen molar-refractivity contribution in [2.45, 2.75) is 6.92 Å². The van der Waals surface area contributed by atoms with E-state index in [2.05, 4.69) is 12.1 Å². The van der Waals surface area contributed by atoms with Crippen LogP contribution >= 0.6 is 0 Å². The molecule has 0 atom stereocenters. The first-order chi connectivity index (χ1) is 14.1. The van der Waals surface area contributed by atoms with Crippen LogP contribution in [-0.2, 0) is 0 Å². The predicted octanol–water partition coefficient (Wildman–Crippen LogP) is 5.33. The molecule has 0 amide bonds. The monoisotopic (exact) mass is 379 g/mol. The fourth-order valence-corrected chi connectivity index (χ4v) is 3.27. The molecule has 2 N–H and O–H groups in total. The van der Waals surface area contributed by atoms with E-state index in [0.29, 0.717) is 11.3 Å².